The summed E-state index contributed by atoms with van der Waals surface area (Å²) in [5, 5.41) is 0. The predicted molar refractivity (Wildman–Crippen MR) is 256 cm³/mol. The van der Waals surface area contributed by atoms with Gasteiger partial charge in [-0.05, 0) is 109 Å². The molecule has 7 rings (SSSR count). The second kappa shape index (κ2) is 25.5. The van der Waals surface area contributed by atoms with E-state index in [-0.39, 0.29) is 40.1 Å². The summed E-state index contributed by atoms with van der Waals surface area (Å²) in [5.41, 5.74) is 3.80. The van der Waals surface area contributed by atoms with Crippen LogP contribution in [0.25, 0.3) is 22.3 Å². The lowest BCUT2D eigenvalue weighted by molar-refractivity contribution is -0.135. The Kier molecular flexibility index (Phi) is 18.5. The van der Waals surface area contributed by atoms with E-state index in [0.29, 0.717) is 36.5 Å². The minimum absolute atomic E-state index is 0.0366. The topological polar surface area (TPSA) is 157 Å². The van der Waals surface area contributed by atoms with Gasteiger partial charge in [0, 0.05) is 18.9 Å². The third-order valence-electron chi connectivity index (χ3n) is 12.0. The molecular formula is C56H60O12. The summed E-state index contributed by atoms with van der Waals surface area (Å²) in [4.78, 5) is 64.0. The molecule has 0 aliphatic carbocycles. The molecule has 356 valence electrons. The number of carbonyl (C=O) groups is 5. The first-order valence-corrected chi connectivity index (χ1v) is 23.9. The molecule has 12 nitrogen and oxygen atoms in total. The molecule has 0 amide bonds. The summed E-state index contributed by atoms with van der Waals surface area (Å²) in [5.74, 6) is -1.83. The van der Waals surface area contributed by atoms with Crippen LogP contribution in [0.3, 0.4) is 0 Å². The SMILES string of the molecule is COC(=O)c1ccc(OC(=O)c2ccc(-c3ccc(OC(=O)CCCCCCCCC4CO4)cc3)cc2)cc1OC(=O)c1ccc(-c2ccc(OC(=O)CCCCCCCCC3CO3)cc2)cc1. The van der Waals surface area contributed by atoms with Gasteiger partial charge in [0.25, 0.3) is 0 Å². The first kappa shape index (κ1) is 49.3. The largest absolute Gasteiger partial charge is 0.465 e. The van der Waals surface area contributed by atoms with Crippen molar-refractivity contribution in [3.8, 4) is 45.3 Å². The molecule has 2 atom stereocenters. The van der Waals surface area contributed by atoms with Crippen molar-refractivity contribution >= 4 is 29.8 Å². The maximum atomic E-state index is 13.4. The first-order chi connectivity index (χ1) is 33.2. The monoisotopic (exact) mass is 924 g/mol. The van der Waals surface area contributed by atoms with E-state index in [9.17, 15) is 24.0 Å². The van der Waals surface area contributed by atoms with E-state index in [4.69, 9.17) is 33.2 Å². The summed E-state index contributed by atoms with van der Waals surface area (Å²) in [6.45, 7) is 1.84. The average Bonchev–Trinajstić information content (AvgIpc) is 4.31. The quantitative estimate of drug-likeness (QED) is 0.0213. The second-order valence-electron chi connectivity index (χ2n) is 17.3. The molecule has 5 aromatic carbocycles. The number of carbonyl (C=O) groups excluding carboxylic acids is 5. The highest BCUT2D eigenvalue weighted by Crippen LogP contribution is 2.30. The van der Waals surface area contributed by atoms with Crippen LogP contribution in [-0.2, 0) is 23.8 Å². The van der Waals surface area contributed by atoms with E-state index in [1.807, 2.05) is 24.3 Å². The van der Waals surface area contributed by atoms with E-state index in [1.54, 1.807) is 72.8 Å². The van der Waals surface area contributed by atoms with Crippen LogP contribution in [0.15, 0.2) is 115 Å². The lowest BCUT2D eigenvalue weighted by atomic mass is 10.0. The highest BCUT2D eigenvalue weighted by Gasteiger charge is 2.23. The number of esters is 5. The lowest BCUT2D eigenvalue weighted by Crippen LogP contribution is -2.13. The Morgan fingerprint density at radius 1 is 0.426 bits per heavy atom. The zero-order valence-electron chi connectivity index (χ0n) is 38.8. The third kappa shape index (κ3) is 16.0. The number of ether oxygens (including phenoxy) is 7. The van der Waals surface area contributed by atoms with E-state index >= 15 is 0 Å². The van der Waals surface area contributed by atoms with Crippen molar-refractivity contribution in [2.24, 2.45) is 0 Å². The van der Waals surface area contributed by atoms with E-state index in [0.717, 1.165) is 86.8 Å². The van der Waals surface area contributed by atoms with Crippen molar-refractivity contribution in [2.45, 2.75) is 115 Å². The Hall–Kier alpha value is -6.63. The summed E-state index contributed by atoms with van der Waals surface area (Å²) >= 11 is 0. The van der Waals surface area contributed by atoms with Gasteiger partial charge in [-0.1, -0.05) is 113 Å². The molecule has 0 N–H and O–H groups in total. The number of unbranched alkanes of at least 4 members (excludes halogenated alkanes) is 10. The van der Waals surface area contributed by atoms with Gasteiger partial charge in [-0.2, -0.15) is 0 Å². The molecule has 12 heteroatoms. The molecule has 0 radical (unpaired) electrons. The number of rotatable bonds is 27. The van der Waals surface area contributed by atoms with Crippen LogP contribution in [0.2, 0.25) is 0 Å². The molecule has 0 bridgehead atoms. The molecule has 0 saturated carbocycles. The van der Waals surface area contributed by atoms with Gasteiger partial charge in [-0.15, -0.1) is 0 Å². The number of hydrogen-bond acceptors (Lipinski definition) is 12. The fourth-order valence-corrected chi connectivity index (χ4v) is 7.81. The number of benzene rings is 5. The van der Waals surface area contributed by atoms with Crippen molar-refractivity contribution in [2.75, 3.05) is 20.3 Å². The third-order valence-corrected chi connectivity index (χ3v) is 12.0. The van der Waals surface area contributed by atoms with Crippen LogP contribution in [0, 0.1) is 0 Å². The van der Waals surface area contributed by atoms with Crippen molar-refractivity contribution in [3.63, 3.8) is 0 Å². The molecule has 0 aromatic heterocycles. The van der Waals surface area contributed by atoms with Crippen LogP contribution in [0.5, 0.6) is 23.0 Å². The van der Waals surface area contributed by atoms with Crippen molar-refractivity contribution in [3.05, 3.63) is 132 Å². The average molecular weight is 925 g/mol. The summed E-state index contributed by atoms with van der Waals surface area (Å²) < 4.78 is 37.8. The molecule has 68 heavy (non-hydrogen) atoms. The van der Waals surface area contributed by atoms with Crippen LogP contribution in [0.4, 0.5) is 0 Å². The van der Waals surface area contributed by atoms with Crippen LogP contribution in [0.1, 0.15) is 134 Å². The van der Waals surface area contributed by atoms with Gasteiger partial charge in [0.15, 0.2) is 0 Å². The Labute approximate surface area is 398 Å². The van der Waals surface area contributed by atoms with Gasteiger partial charge in [0.1, 0.15) is 28.6 Å². The molecule has 2 unspecified atom stereocenters. The van der Waals surface area contributed by atoms with Gasteiger partial charge in [0.05, 0.1) is 43.7 Å². The van der Waals surface area contributed by atoms with Crippen LogP contribution >= 0.6 is 0 Å². The van der Waals surface area contributed by atoms with Gasteiger partial charge < -0.3 is 33.2 Å². The van der Waals surface area contributed by atoms with E-state index in [2.05, 4.69) is 0 Å². The molecule has 2 saturated heterocycles. The minimum Gasteiger partial charge on any atom is -0.465 e. The molecule has 2 heterocycles. The highest BCUT2D eigenvalue weighted by molar-refractivity contribution is 5.97. The fourth-order valence-electron chi connectivity index (χ4n) is 7.81. The fraction of sp³-hybridized carbons (Fsp3) is 0.375. The summed E-state index contributed by atoms with van der Waals surface area (Å²) in [6, 6.07) is 31.9. The van der Waals surface area contributed by atoms with Crippen LogP contribution in [-0.4, -0.2) is 62.4 Å². The maximum Gasteiger partial charge on any atom is 0.343 e. The first-order valence-electron chi connectivity index (χ1n) is 23.9. The molecule has 5 aromatic rings. The molecule has 2 aliphatic rings. The van der Waals surface area contributed by atoms with Gasteiger partial charge >= 0.3 is 29.8 Å². The van der Waals surface area contributed by atoms with Crippen molar-refractivity contribution < 1.29 is 57.1 Å². The zero-order valence-corrected chi connectivity index (χ0v) is 38.8. The Morgan fingerprint density at radius 2 is 0.794 bits per heavy atom. The molecule has 2 fully saturated rings. The molecule has 0 spiro atoms. The van der Waals surface area contributed by atoms with Crippen molar-refractivity contribution in [1.29, 1.82) is 0 Å². The Bertz CT molecular complexity index is 2430. The lowest BCUT2D eigenvalue weighted by Gasteiger charge is -2.12. The van der Waals surface area contributed by atoms with Crippen LogP contribution < -0.4 is 18.9 Å². The zero-order chi connectivity index (χ0) is 47.5. The van der Waals surface area contributed by atoms with Gasteiger partial charge in [-0.3, -0.25) is 9.59 Å². The Balaban J connectivity index is 0.855. The molecule has 2 aliphatic heterocycles. The minimum atomic E-state index is -0.745. The number of methoxy groups -OCH3 is 1. The maximum absolute atomic E-state index is 13.4. The predicted octanol–water partition coefficient (Wildman–Crippen LogP) is 12.1. The van der Waals surface area contributed by atoms with Gasteiger partial charge in [0.2, 0.25) is 0 Å². The summed E-state index contributed by atoms with van der Waals surface area (Å²) in [6.07, 6.45) is 17.1. The second-order valence-corrected chi connectivity index (χ2v) is 17.3. The number of hydrogen-bond donors (Lipinski definition) is 0. The van der Waals surface area contributed by atoms with E-state index < -0.39 is 17.9 Å². The van der Waals surface area contributed by atoms with Crippen molar-refractivity contribution in [1.82, 2.24) is 0 Å². The standard InChI is InChI=1S/C56H60O12/c1-62-56(61)50-35-34-47(67-54(59)43-22-18-39(19-23-43)41-26-30-45(31-27-41)65-52(57)16-12-8-4-2-6-10-14-48-37-63-48)36-51(50)68-55(60)44-24-20-40(21-25-44)42-28-32-46(33-29-42)66-53(58)17-13-9-5-3-7-11-15-49-38-64-49/h18-36,48-49H,2-17,37-38H2,1H3. The number of epoxide rings is 2. The Morgan fingerprint density at radius 3 is 1.21 bits per heavy atom. The summed E-state index contributed by atoms with van der Waals surface area (Å²) in [7, 11) is 1.21. The highest BCUT2D eigenvalue weighted by atomic mass is 16.6. The van der Waals surface area contributed by atoms with Gasteiger partial charge in [-0.25, -0.2) is 14.4 Å². The normalized spacial score (nSPS) is 14.7. The molecular weight excluding hydrogens is 865 g/mol. The van der Waals surface area contributed by atoms with E-state index in [1.165, 1.54) is 63.8 Å². The smallest absolute Gasteiger partial charge is 0.343 e.